The molecule has 0 fully saturated rings. The number of carbonyl (C=O) groups excluding carboxylic acids is 2. The van der Waals surface area contributed by atoms with Crippen molar-refractivity contribution in [3.8, 4) is 0 Å². The first-order valence-electron chi connectivity index (χ1n) is 10.5. The van der Waals surface area contributed by atoms with Crippen LogP contribution in [0.25, 0.3) is 0 Å². The molecule has 1 aromatic heterocycles. The van der Waals surface area contributed by atoms with Gasteiger partial charge < -0.3 is 16.0 Å². The number of anilines is 1. The van der Waals surface area contributed by atoms with Crippen LogP contribution in [0, 0.1) is 0 Å². The molecule has 0 aliphatic carbocycles. The van der Waals surface area contributed by atoms with E-state index in [-0.39, 0.29) is 17.7 Å². The Morgan fingerprint density at radius 3 is 2.38 bits per heavy atom. The second kappa shape index (κ2) is 10.9. The molecule has 9 heteroatoms. The first-order chi connectivity index (χ1) is 15.4. The molecule has 0 bridgehead atoms. The second-order valence-corrected chi connectivity index (χ2v) is 8.67. The van der Waals surface area contributed by atoms with Gasteiger partial charge in [0.25, 0.3) is 0 Å². The van der Waals surface area contributed by atoms with Crippen LogP contribution in [0.5, 0.6) is 0 Å². The maximum atomic E-state index is 12.5. The van der Waals surface area contributed by atoms with Crippen LogP contribution in [0.3, 0.4) is 0 Å². The van der Waals surface area contributed by atoms with Crippen LogP contribution in [0.4, 0.5) is 5.69 Å². The lowest BCUT2D eigenvalue weighted by atomic mass is 10.2. The number of hydrogen-bond donors (Lipinski definition) is 3. The highest BCUT2D eigenvalue weighted by atomic mass is 32.2. The van der Waals surface area contributed by atoms with Crippen molar-refractivity contribution in [1.29, 1.82) is 0 Å². The first kappa shape index (κ1) is 23.5. The Hall–Kier alpha value is -3.17. The van der Waals surface area contributed by atoms with E-state index in [0.717, 1.165) is 17.8 Å². The summed E-state index contributed by atoms with van der Waals surface area (Å²) in [7, 11) is 4.22. The first-order valence-corrected chi connectivity index (χ1v) is 11.5. The number of nitrogens with one attached hydrogen (secondary N) is 2. The zero-order valence-electron chi connectivity index (χ0n) is 18.5. The molecule has 0 radical (unpaired) electrons. The average Bonchev–Trinajstić information content (AvgIpc) is 3.15. The lowest BCUT2D eigenvalue weighted by molar-refractivity contribution is -0.893. The van der Waals surface area contributed by atoms with Crippen LogP contribution >= 0.6 is 11.8 Å². The van der Waals surface area contributed by atoms with Crippen LogP contribution in [0.2, 0.25) is 0 Å². The number of quaternary nitrogens is 1. The summed E-state index contributed by atoms with van der Waals surface area (Å²) in [6.45, 7) is 2.79. The molecular weight excluding hydrogens is 424 g/mol. The third kappa shape index (κ3) is 5.95. The Bertz CT molecular complexity index is 1050. The lowest BCUT2D eigenvalue weighted by Crippen LogP contribution is -3.06. The van der Waals surface area contributed by atoms with Gasteiger partial charge in [0.15, 0.2) is 11.0 Å². The summed E-state index contributed by atoms with van der Waals surface area (Å²) < 4.78 is 2.11. The fourth-order valence-corrected chi connectivity index (χ4v) is 4.22. The SMILES string of the molecule is CC[C@@H](c1nnc(SCC(=O)Nc2ccc(C(N)=O)cc2)n1Cc1ccccc1)[NH+](C)C. The predicted molar refractivity (Wildman–Crippen MR) is 126 cm³/mol. The van der Waals surface area contributed by atoms with Crippen molar-refractivity contribution in [2.75, 3.05) is 25.2 Å². The Balaban J connectivity index is 1.74. The number of hydrogen-bond acceptors (Lipinski definition) is 5. The highest BCUT2D eigenvalue weighted by Crippen LogP contribution is 2.23. The van der Waals surface area contributed by atoms with E-state index < -0.39 is 5.91 Å². The van der Waals surface area contributed by atoms with Crippen molar-refractivity contribution >= 4 is 29.3 Å². The minimum absolute atomic E-state index is 0.164. The molecule has 4 N–H and O–H groups in total. The maximum Gasteiger partial charge on any atom is 0.248 e. The summed E-state index contributed by atoms with van der Waals surface area (Å²) in [6.07, 6.45) is 0.932. The fourth-order valence-electron chi connectivity index (χ4n) is 3.47. The fraction of sp³-hybridized carbons (Fsp3) is 0.304. The zero-order chi connectivity index (χ0) is 23.1. The van der Waals surface area contributed by atoms with Gasteiger partial charge in [-0.25, -0.2) is 0 Å². The van der Waals surface area contributed by atoms with Crippen molar-refractivity contribution < 1.29 is 14.5 Å². The highest BCUT2D eigenvalue weighted by molar-refractivity contribution is 7.99. The number of aromatic nitrogens is 3. The number of rotatable bonds is 10. The molecule has 1 atom stereocenters. The van der Waals surface area contributed by atoms with Crippen LogP contribution in [0.1, 0.15) is 41.1 Å². The molecule has 0 aliphatic rings. The van der Waals surface area contributed by atoms with Gasteiger partial charge in [-0.3, -0.25) is 14.2 Å². The molecular formula is C23H29N6O2S+. The van der Waals surface area contributed by atoms with Gasteiger partial charge in [0, 0.05) is 17.7 Å². The Kier molecular flexibility index (Phi) is 8.02. The van der Waals surface area contributed by atoms with E-state index in [1.54, 1.807) is 24.3 Å². The lowest BCUT2D eigenvalue weighted by Gasteiger charge is -2.20. The number of nitrogens with two attached hydrogens (primary N) is 1. The Labute approximate surface area is 192 Å². The number of thioether (sulfide) groups is 1. The average molecular weight is 454 g/mol. The van der Waals surface area contributed by atoms with Gasteiger partial charge in [0.05, 0.1) is 26.4 Å². The molecule has 0 unspecified atom stereocenters. The number of carbonyl (C=O) groups is 2. The molecule has 168 valence electrons. The Morgan fingerprint density at radius 2 is 1.78 bits per heavy atom. The van der Waals surface area contributed by atoms with E-state index >= 15 is 0 Å². The zero-order valence-corrected chi connectivity index (χ0v) is 19.4. The van der Waals surface area contributed by atoms with Crippen molar-refractivity contribution in [1.82, 2.24) is 14.8 Å². The van der Waals surface area contributed by atoms with Crippen molar-refractivity contribution in [2.24, 2.45) is 5.73 Å². The van der Waals surface area contributed by atoms with Gasteiger partial charge >= 0.3 is 0 Å². The third-order valence-electron chi connectivity index (χ3n) is 5.13. The maximum absolute atomic E-state index is 12.5. The summed E-state index contributed by atoms with van der Waals surface area (Å²) >= 11 is 1.36. The number of nitrogens with zero attached hydrogens (tertiary/aromatic N) is 3. The molecule has 0 spiro atoms. The molecule has 1 heterocycles. The van der Waals surface area contributed by atoms with E-state index in [1.807, 2.05) is 18.2 Å². The molecule has 2 amide bonds. The van der Waals surface area contributed by atoms with Crippen molar-refractivity contribution in [3.05, 3.63) is 71.5 Å². The molecule has 3 aromatic rings. The summed E-state index contributed by atoms with van der Waals surface area (Å²) in [5.41, 5.74) is 7.40. The summed E-state index contributed by atoms with van der Waals surface area (Å²) in [4.78, 5) is 25.0. The minimum atomic E-state index is -0.503. The van der Waals surface area contributed by atoms with E-state index in [2.05, 4.69) is 53.2 Å². The van der Waals surface area contributed by atoms with Gasteiger partial charge in [-0.05, 0) is 29.8 Å². The molecule has 0 aliphatic heterocycles. The largest absolute Gasteiger partial charge is 0.366 e. The van der Waals surface area contributed by atoms with E-state index in [1.165, 1.54) is 16.7 Å². The van der Waals surface area contributed by atoms with Crippen LogP contribution in [-0.2, 0) is 11.3 Å². The van der Waals surface area contributed by atoms with E-state index in [4.69, 9.17) is 5.73 Å². The van der Waals surface area contributed by atoms with E-state index in [0.29, 0.717) is 23.0 Å². The summed E-state index contributed by atoms with van der Waals surface area (Å²) in [6, 6.07) is 16.9. The van der Waals surface area contributed by atoms with Crippen molar-refractivity contribution in [3.63, 3.8) is 0 Å². The van der Waals surface area contributed by atoms with Crippen LogP contribution in [-0.4, -0.2) is 46.4 Å². The molecule has 0 saturated heterocycles. The second-order valence-electron chi connectivity index (χ2n) is 7.73. The molecule has 2 aromatic carbocycles. The van der Waals surface area contributed by atoms with Crippen LogP contribution < -0.4 is 16.0 Å². The quantitative estimate of drug-likeness (QED) is 0.406. The standard InChI is InChI=1S/C23H28N6O2S/c1-4-19(28(2)3)22-26-27-23(29(22)14-16-8-6-5-7-9-16)32-15-20(30)25-18-12-10-17(11-13-18)21(24)31/h5-13,19H,4,14-15H2,1-3H3,(H2,24,31)(H,25,30)/p+1/t19-/m0/s1. The normalized spacial score (nSPS) is 12.0. The number of benzene rings is 2. The Morgan fingerprint density at radius 1 is 1.09 bits per heavy atom. The third-order valence-corrected chi connectivity index (χ3v) is 6.10. The molecule has 0 saturated carbocycles. The van der Waals surface area contributed by atoms with E-state index in [9.17, 15) is 9.59 Å². The summed E-state index contributed by atoms with van der Waals surface area (Å²) in [5, 5.41) is 12.4. The number of amides is 2. The number of primary amides is 1. The smallest absolute Gasteiger partial charge is 0.248 e. The van der Waals surface area contributed by atoms with Gasteiger partial charge in [0.1, 0.15) is 6.04 Å². The monoisotopic (exact) mass is 453 g/mol. The molecule has 8 nitrogen and oxygen atoms in total. The summed E-state index contributed by atoms with van der Waals surface area (Å²) in [5.74, 6) is 0.442. The van der Waals surface area contributed by atoms with Gasteiger partial charge in [-0.1, -0.05) is 49.0 Å². The van der Waals surface area contributed by atoms with Gasteiger partial charge in [0.2, 0.25) is 11.8 Å². The molecule has 3 rings (SSSR count). The predicted octanol–water partition coefficient (Wildman–Crippen LogP) is 1.75. The van der Waals surface area contributed by atoms with Crippen LogP contribution in [0.15, 0.2) is 59.8 Å². The minimum Gasteiger partial charge on any atom is -0.366 e. The molecule has 32 heavy (non-hydrogen) atoms. The van der Waals surface area contributed by atoms with Gasteiger partial charge in [-0.2, -0.15) is 0 Å². The topological polar surface area (TPSA) is 107 Å². The van der Waals surface area contributed by atoms with Gasteiger partial charge in [-0.15, -0.1) is 10.2 Å². The highest BCUT2D eigenvalue weighted by Gasteiger charge is 2.25. The van der Waals surface area contributed by atoms with Crippen molar-refractivity contribution in [2.45, 2.75) is 31.1 Å².